The molecule has 0 fully saturated rings. The summed E-state index contributed by atoms with van der Waals surface area (Å²) in [5, 5.41) is 10.9. The number of aromatic hydroxyl groups is 1. The van der Waals surface area contributed by atoms with Crippen molar-refractivity contribution in [2.24, 2.45) is 11.8 Å². The summed E-state index contributed by atoms with van der Waals surface area (Å²) in [7, 11) is 0. The summed E-state index contributed by atoms with van der Waals surface area (Å²) in [6.45, 7) is 17.0. The summed E-state index contributed by atoms with van der Waals surface area (Å²) in [6, 6.07) is 3.67. The van der Waals surface area contributed by atoms with Gasteiger partial charge in [0.25, 0.3) is 0 Å². The molecule has 0 spiro atoms. The SMILES string of the molecule is CC(C)C(C)(C)c1cc(C=O)cc(C(C)(C)C(C)C)c1O. The zero-order valence-electron chi connectivity index (χ0n) is 14.7. The van der Waals surface area contributed by atoms with E-state index in [1.54, 1.807) is 0 Å². The molecule has 0 aromatic heterocycles. The maximum Gasteiger partial charge on any atom is 0.150 e. The Labute approximate surface area is 129 Å². The molecule has 1 aromatic carbocycles. The Balaban J connectivity index is 3.67. The van der Waals surface area contributed by atoms with Crippen LogP contribution in [0.2, 0.25) is 0 Å². The summed E-state index contributed by atoms with van der Waals surface area (Å²) >= 11 is 0. The summed E-state index contributed by atoms with van der Waals surface area (Å²) in [4.78, 5) is 11.3. The van der Waals surface area contributed by atoms with Gasteiger partial charge in [-0.3, -0.25) is 4.79 Å². The number of phenols is 1. The minimum atomic E-state index is -0.190. The van der Waals surface area contributed by atoms with Gasteiger partial charge in [0.05, 0.1) is 0 Å². The van der Waals surface area contributed by atoms with E-state index in [0.717, 1.165) is 17.4 Å². The largest absolute Gasteiger partial charge is 0.507 e. The molecule has 0 aliphatic heterocycles. The molecule has 0 aliphatic rings. The Hall–Kier alpha value is -1.31. The minimum Gasteiger partial charge on any atom is -0.507 e. The molecule has 0 saturated carbocycles. The highest BCUT2D eigenvalue weighted by molar-refractivity contribution is 5.77. The maximum absolute atomic E-state index is 11.3. The molecule has 0 bridgehead atoms. The van der Waals surface area contributed by atoms with Gasteiger partial charge in [-0.1, -0.05) is 55.4 Å². The first kappa shape index (κ1) is 17.7. The maximum atomic E-state index is 11.3. The van der Waals surface area contributed by atoms with E-state index in [2.05, 4.69) is 55.4 Å². The second-order valence-electron chi connectivity index (χ2n) is 7.84. The van der Waals surface area contributed by atoms with E-state index in [9.17, 15) is 9.90 Å². The van der Waals surface area contributed by atoms with Crippen LogP contribution in [0, 0.1) is 11.8 Å². The van der Waals surface area contributed by atoms with Crippen LogP contribution in [-0.2, 0) is 10.8 Å². The van der Waals surface area contributed by atoms with Crippen LogP contribution in [0.3, 0.4) is 0 Å². The number of phenolic OH excluding ortho intramolecular Hbond substituents is 1. The van der Waals surface area contributed by atoms with Crippen LogP contribution in [-0.4, -0.2) is 11.4 Å². The molecule has 0 amide bonds. The second-order valence-corrected chi connectivity index (χ2v) is 7.84. The van der Waals surface area contributed by atoms with Gasteiger partial charge in [0, 0.05) is 16.7 Å². The lowest BCUT2D eigenvalue weighted by Crippen LogP contribution is -2.28. The minimum absolute atomic E-state index is 0.190. The van der Waals surface area contributed by atoms with E-state index < -0.39 is 0 Å². The molecule has 2 nitrogen and oxygen atoms in total. The van der Waals surface area contributed by atoms with Gasteiger partial charge in [-0.2, -0.15) is 0 Å². The van der Waals surface area contributed by atoms with Gasteiger partial charge in [0.1, 0.15) is 12.0 Å². The van der Waals surface area contributed by atoms with Crippen LogP contribution >= 0.6 is 0 Å². The van der Waals surface area contributed by atoms with E-state index in [4.69, 9.17) is 0 Å². The van der Waals surface area contributed by atoms with Crippen LogP contribution in [0.1, 0.15) is 76.9 Å². The second kappa shape index (κ2) is 5.82. The number of carbonyl (C=O) groups is 1. The molecule has 0 saturated heterocycles. The monoisotopic (exact) mass is 290 g/mol. The quantitative estimate of drug-likeness (QED) is 0.768. The molecule has 0 heterocycles. The third-order valence-electron chi connectivity index (χ3n) is 5.54. The average Bonchev–Trinajstić information content (AvgIpc) is 2.38. The fraction of sp³-hybridized carbons (Fsp3) is 0.632. The molecule has 0 radical (unpaired) electrons. The zero-order valence-corrected chi connectivity index (χ0v) is 14.7. The van der Waals surface area contributed by atoms with Crippen molar-refractivity contribution in [3.63, 3.8) is 0 Å². The zero-order chi connectivity index (χ0) is 16.6. The molecule has 21 heavy (non-hydrogen) atoms. The third kappa shape index (κ3) is 3.14. The van der Waals surface area contributed by atoms with Gasteiger partial charge in [-0.25, -0.2) is 0 Å². The van der Waals surface area contributed by atoms with E-state index in [-0.39, 0.29) is 10.8 Å². The van der Waals surface area contributed by atoms with Crippen LogP contribution in [0.15, 0.2) is 12.1 Å². The first-order valence-electron chi connectivity index (χ1n) is 7.79. The Morgan fingerprint density at radius 1 is 0.905 bits per heavy atom. The standard InChI is InChI=1S/C19H30O2/c1-12(2)18(5,6)15-9-14(11-20)10-16(17(15)21)19(7,8)13(3)4/h9-13,21H,1-8H3. The van der Waals surface area contributed by atoms with Crippen LogP contribution in [0.25, 0.3) is 0 Å². The topological polar surface area (TPSA) is 37.3 Å². The predicted molar refractivity (Wildman–Crippen MR) is 89.2 cm³/mol. The summed E-state index contributed by atoms with van der Waals surface area (Å²) in [5.41, 5.74) is 1.99. The highest BCUT2D eigenvalue weighted by Gasteiger charge is 2.34. The number of rotatable bonds is 5. The average molecular weight is 290 g/mol. The van der Waals surface area contributed by atoms with Crippen molar-refractivity contribution in [1.29, 1.82) is 0 Å². The number of benzene rings is 1. The van der Waals surface area contributed by atoms with E-state index >= 15 is 0 Å². The fourth-order valence-electron chi connectivity index (χ4n) is 2.33. The van der Waals surface area contributed by atoms with Crippen molar-refractivity contribution in [2.45, 2.75) is 66.2 Å². The predicted octanol–water partition coefficient (Wildman–Crippen LogP) is 5.07. The first-order valence-corrected chi connectivity index (χ1v) is 7.79. The van der Waals surface area contributed by atoms with Crippen LogP contribution < -0.4 is 0 Å². The third-order valence-corrected chi connectivity index (χ3v) is 5.54. The molecule has 0 atom stereocenters. The molecule has 0 unspecified atom stereocenters. The number of hydrogen-bond donors (Lipinski definition) is 1. The van der Waals surface area contributed by atoms with Crippen molar-refractivity contribution in [3.8, 4) is 5.75 Å². The molecular formula is C19H30O2. The molecule has 1 N–H and O–H groups in total. The van der Waals surface area contributed by atoms with Crippen molar-refractivity contribution >= 4 is 6.29 Å². The smallest absolute Gasteiger partial charge is 0.150 e. The Morgan fingerprint density at radius 3 is 1.48 bits per heavy atom. The van der Waals surface area contributed by atoms with Gasteiger partial charge < -0.3 is 5.11 Å². The summed E-state index contributed by atoms with van der Waals surface area (Å²) in [5.74, 6) is 1.07. The van der Waals surface area contributed by atoms with Gasteiger partial charge in [0.2, 0.25) is 0 Å². The lowest BCUT2D eigenvalue weighted by Gasteiger charge is -2.36. The van der Waals surface area contributed by atoms with Crippen LogP contribution in [0.5, 0.6) is 5.75 Å². The Kier molecular flexibility index (Phi) is 4.92. The first-order chi connectivity index (χ1) is 9.46. The van der Waals surface area contributed by atoms with E-state index in [1.165, 1.54) is 0 Å². The van der Waals surface area contributed by atoms with Crippen molar-refractivity contribution in [2.75, 3.05) is 0 Å². The lowest BCUT2D eigenvalue weighted by molar-refractivity contribution is 0.112. The van der Waals surface area contributed by atoms with Crippen molar-refractivity contribution in [1.82, 2.24) is 0 Å². The number of carbonyl (C=O) groups excluding carboxylic acids is 1. The fourth-order valence-corrected chi connectivity index (χ4v) is 2.33. The number of aldehydes is 1. The van der Waals surface area contributed by atoms with Gasteiger partial charge in [-0.05, 0) is 34.8 Å². The molecule has 0 aliphatic carbocycles. The Morgan fingerprint density at radius 2 is 1.24 bits per heavy atom. The van der Waals surface area contributed by atoms with Gasteiger partial charge in [-0.15, -0.1) is 0 Å². The normalized spacial score (nSPS) is 13.0. The van der Waals surface area contributed by atoms with Gasteiger partial charge in [0.15, 0.2) is 0 Å². The Bertz CT molecular complexity index is 481. The molecule has 2 heteroatoms. The lowest BCUT2D eigenvalue weighted by atomic mass is 9.69. The molecule has 1 aromatic rings. The molecule has 118 valence electrons. The van der Waals surface area contributed by atoms with E-state index in [0.29, 0.717) is 23.1 Å². The highest BCUT2D eigenvalue weighted by atomic mass is 16.3. The van der Waals surface area contributed by atoms with Gasteiger partial charge >= 0.3 is 0 Å². The van der Waals surface area contributed by atoms with Crippen molar-refractivity contribution in [3.05, 3.63) is 28.8 Å². The summed E-state index contributed by atoms with van der Waals surface area (Å²) < 4.78 is 0. The van der Waals surface area contributed by atoms with E-state index in [1.807, 2.05) is 12.1 Å². The number of hydrogen-bond acceptors (Lipinski definition) is 2. The molecular weight excluding hydrogens is 260 g/mol. The highest BCUT2D eigenvalue weighted by Crippen LogP contribution is 2.44. The summed E-state index contributed by atoms with van der Waals surface area (Å²) in [6.07, 6.45) is 0.874. The van der Waals surface area contributed by atoms with Crippen LogP contribution in [0.4, 0.5) is 0 Å². The van der Waals surface area contributed by atoms with Crippen molar-refractivity contribution < 1.29 is 9.90 Å². The molecule has 1 rings (SSSR count).